The van der Waals surface area contributed by atoms with Crippen LogP contribution in [-0.2, 0) is 4.74 Å². The van der Waals surface area contributed by atoms with Crippen LogP contribution in [0.1, 0.15) is 44.9 Å². The maximum atomic E-state index is 5.92. The van der Waals surface area contributed by atoms with Gasteiger partial charge in [0.2, 0.25) is 0 Å². The van der Waals surface area contributed by atoms with E-state index in [1.54, 1.807) is 0 Å². The molecule has 0 aromatic heterocycles. The minimum absolute atomic E-state index is 0.565. The maximum absolute atomic E-state index is 5.92. The molecule has 4 rings (SSSR count). The highest BCUT2D eigenvalue weighted by Gasteiger charge is 2.46. The summed E-state index contributed by atoms with van der Waals surface area (Å²) in [7, 11) is 0. The molecular formula is C13H21NO. The molecule has 84 valence electrons. The highest BCUT2D eigenvalue weighted by atomic mass is 16.5. The molecule has 0 amide bonds. The maximum Gasteiger partial charge on any atom is 0.0733 e. The van der Waals surface area contributed by atoms with Crippen LogP contribution in [0.25, 0.3) is 0 Å². The molecule has 0 radical (unpaired) electrons. The monoisotopic (exact) mass is 207 g/mol. The van der Waals surface area contributed by atoms with Crippen LogP contribution in [-0.4, -0.2) is 24.3 Å². The summed E-state index contributed by atoms with van der Waals surface area (Å²) in [6, 6.07) is 1.56. The summed E-state index contributed by atoms with van der Waals surface area (Å²) in [5, 5.41) is 3.95. The lowest BCUT2D eigenvalue weighted by Gasteiger charge is -2.27. The number of nitrogens with one attached hydrogen (secondary N) is 1. The minimum Gasteiger partial charge on any atom is -0.373 e. The number of ether oxygens (including phenoxy) is 1. The first-order valence-corrected chi connectivity index (χ1v) is 6.81. The van der Waals surface area contributed by atoms with Crippen molar-refractivity contribution in [1.29, 1.82) is 0 Å². The van der Waals surface area contributed by atoms with Gasteiger partial charge in [0.05, 0.1) is 12.2 Å². The fourth-order valence-corrected chi connectivity index (χ4v) is 3.63. The zero-order valence-electron chi connectivity index (χ0n) is 9.32. The summed E-state index contributed by atoms with van der Waals surface area (Å²) in [5.41, 5.74) is 0. The van der Waals surface area contributed by atoms with Gasteiger partial charge in [-0.3, -0.25) is 0 Å². The van der Waals surface area contributed by atoms with Gasteiger partial charge < -0.3 is 10.1 Å². The van der Waals surface area contributed by atoms with E-state index >= 15 is 0 Å². The highest BCUT2D eigenvalue weighted by Crippen LogP contribution is 2.46. The predicted octanol–water partition coefficient (Wildman–Crippen LogP) is 2.08. The lowest BCUT2D eigenvalue weighted by molar-refractivity contribution is 0.0950. The van der Waals surface area contributed by atoms with Gasteiger partial charge in [0.15, 0.2) is 0 Å². The normalized spacial score (nSPS) is 44.2. The molecule has 2 aliphatic heterocycles. The topological polar surface area (TPSA) is 21.3 Å². The second kappa shape index (κ2) is 3.21. The Kier molecular flexibility index (Phi) is 1.92. The Balaban J connectivity index is 1.41. The molecule has 2 heterocycles. The Labute approximate surface area is 91.8 Å². The van der Waals surface area contributed by atoms with E-state index < -0.39 is 0 Å². The summed E-state index contributed by atoms with van der Waals surface area (Å²) in [4.78, 5) is 0. The molecule has 1 N–H and O–H groups in total. The fourth-order valence-electron chi connectivity index (χ4n) is 3.63. The van der Waals surface area contributed by atoms with E-state index in [-0.39, 0.29) is 0 Å². The zero-order chi connectivity index (χ0) is 9.83. The van der Waals surface area contributed by atoms with Crippen molar-refractivity contribution < 1.29 is 4.74 Å². The van der Waals surface area contributed by atoms with Crippen LogP contribution in [0.15, 0.2) is 0 Å². The Morgan fingerprint density at radius 2 is 1.67 bits per heavy atom. The lowest BCUT2D eigenvalue weighted by atomic mass is 9.93. The van der Waals surface area contributed by atoms with E-state index in [9.17, 15) is 0 Å². The van der Waals surface area contributed by atoms with E-state index in [0.717, 1.165) is 17.9 Å². The van der Waals surface area contributed by atoms with Crippen LogP contribution in [0.5, 0.6) is 0 Å². The molecule has 3 unspecified atom stereocenters. The number of fused-ring (bicyclic) bond motifs is 2. The van der Waals surface area contributed by atoms with Crippen LogP contribution in [0, 0.1) is 11.8 Å². The molecule has 0 aromatic carbocycles. The first-order valence-electron chi connectivity index (χ1n) is 6.81. The number of hydrogen-bond donors (Lipinski definition) is 1. The third kappa shape index (κ3) is 1.62. The largest absolute Gasteiger partial charge is 0.373 e. The van der Waals surface area contributed by atoms with Crippen LogP contribution in [0.2, 0.25) is 0 Å². The van der Waals surface area contributed by atoms with Gasteiger partial charge in [-0.05, 0) is 56.8 Å². The van der Waals surface area contributed by atoms with Gasteiger partial charge in [0.1, 0.15) is 0 Å². The second-order valence-electron chi connectivity index (χ2n) is 6.08. The molecule has 4 fully saturated rings. The predicted molar refractivity (Wildman–Crippen MR) is 58.7 cm³/mol. The van der Waals surface area contributed by atoms with Gasteiger partial charge in [-0.25, -0.2) is 0 Å². The van der Waals surface area contributed by atoms with Crippen molar-refractivity contribution in [2.24, 2.45) is 11.8 Å². The van der Waals surface area contributed by atoms with Gasteiger partial charge >= 0.3 is 0 Å². The number of rotatable bonds is 4. The first kappa shape index (κ1) is 9.00. The quantitative estimate of drug-likeness (QED) is 0.762. The summed E-state index contributed by atoms with van der Waals surface area (Å²) < 4.78 is 5.92. The molecule has 15 heavy (non-hydrogen) atoms. The van der Waals surface area contributed by atoms with E-state index in [2.05, 4.69) is 5.32 Å². The molecule has 0 aromatic rings. The molecule has 0 spiro atoms. The molecule has 2 bridgehead atoms. The van der Waals surface area contributed by atoms with Crippen molar-refractivity contribution in [3.63, 3.8) is 0 Å². The van der Waals surface area contributed by atoms with E-state index in [1.807, 2.05) is 0 Å². The molecule has 2 nitrogen and oxygen atoms in total. The lowest BCUT2D eigenvalue weighted by Crippen LogP contribution is -2.45. The Morgan fingerprint density at radius 3 is 2.13 bits per heavy atom. The van der Waals surface area contributed by atoms with E-state index in [4.69, 9.17) is 4.74 Å². The van der Waals surface area contributed by atoms with Gasteiger partial charge in [-0.1, -0.05) is 0 Å². The van der Waals surface area contributed by atoms with Crippen molar-refractivity contribution in [3.05, 3.63) is 0 Å². The van der Waals surface area contributed by atoms with Crippen molar-refractivity contribution in [2.75, 3.05) is 0 Å². The Morgan fingerprint density at radius 1 is 0.933 bits per heavy atom. The zero-order valence-corrected chi connectivity index (χ0v) is 9.32. The summed E-state index contributed by atoms with van der Waals surface area (Å²) >= 11 is 0. The highest BCUT2D eigenvalue weighted by molar-refractivity contribution is 5.02. The Bertz CT molecular complexity index is 247. The van der Waals surface area contributed by atoms with E-state index in [0.29, 0.717) is 18.2 Å². The van der Waals surface area contributed by atoms with Crippen molar-refractivity contribution >= 4 is 0 Å². The molecule has 4 aliphatic rings. The standard InChI is InChI=1S/C13H21NO/c1-2-8(1)13(9-3-4-9)14-11-7-10-5-6-12(11)15-10/h8-14H,1-7H2. The Hall–Kier alpha value is -0.0800. The molecular weight excluding hydrogens is 186 g/mol. The van der Waals surface area contributed by atoms with Crippen LogP contribution < -0.4 is 5.32 Å². The third-order valence-electron chi connectivity index (χ3n) is 4.77. The van der Waals surface area contributed by atoms with Crippen LogP contribution >= 0.6 is 0 Å². The van der Waals surface area contributed by atoms with Crippen LogP contribution in [0.4, 0.5) is 0 Å². The molecule has 3 atom stereocenters. The molecule has 2 saturated carbocycles. The van der Waals surface area contributed by atoms with Crippen LogP contribution in [0.3, 0.4) is 0 Å². The van der Waals surface area contributed by atoms with Gasteiger partial charge in [-0.15, -0.1) is 0 Å². The summed E-state index contributed by atoms with van der Waals surface area (Å²) in [6.45, 7) is 0. The minimum atomic E-state index is 0.565. The average Bonchev–Trinajstić information content (AvgIpc) is 3.16. The third-order valence-corrected chi connectivity index (χ3v) is 4.77. The first-order chi connectivity index (χ1) is 7.40. The van der Waals surface area contributed by atoms with Crippen molar-refractivity contribution in [1.82, 2.24) is 5.32 Å². The van der Waals surface area contributed by atoms with Crippen molar-refractivity contribution in [2.45, 2.75) is 69.2 Å². The second-order valence-corrected chi connectivity index (χ2v) is 6.08. The molecule has 2 saturated heterocycles. The van der Waals surface area contributed by atoms with Gasteiger partial charge in [0, 0.05) is 12.1 Å². The number of hydrogen-bond acceptors (Lipinski definition) is 2. The molecule has 2 aliphatic carbocycles. The average molecular weight is 207 g/mol. The molecule has 2 heteroatoms. The van der Waals surface area contributed by atoms with E-state index in [1.165, 1.54) is 44.9 Å². The summed E-state index contributed by atoms with van der Waals surface area (Å²) in [6.07, 6.45) is 11.0. The SMILES string of the molecule is C1CC2OC1CC2NC(C1CC1)C1CC1. The van der Waals surface area contributed by atoms with Gasteiger partial charge in [0.25, 0.3) is 0 Å². The van der Waals surface area contributed by atoms with Crippen molar-refractivity contribution in [3.8, 4) is 0 Å². The fraction of sp³-hybridized carbons (Fsp3) is 1.00. The summed E-state index contributed by atoms with van der Waals surface area (Å²) in [5.74, 6) is 2.05. The van der Waals surface area contributed by atoms with Gasteiger partial charge in [-0.2, -0.15) is 0 Å². The smallest absolute Gasteiger partial charge is 0.0733 e.